The maximum absolute atomic E-state index is 16.5. The van der Waals surface area contributed by atoms with Crippen LogP contribution in [0.1, 0.15) is 114 Å². The fourth-order valence-electron chi connectivity index (χ4n) is 7.32. The summed E-state index contributed by atoms with van der Waals surface area (Å²) in [5, 5.41) is 0. The van der Waals surface area contributed by atoms with E-state index in [4.69, 9.17) is 0 Å². The molecule has 0 radical (unpaired) electrons. The highest BCUT2D eigenvalue weighted by Crippen LogP contribution is 2.50. The normalized spacial score (nSPS) is 15.8. The third-order valence-corrected chi connectivity index (χ3v) is 11.8. The van der Waals surface area contributed by atoms with Crippen LogP contribution in [0.25, 0.3) is 6.08 Å². The highest BCUT2D eigenvalue weighted by atomic mass is 32.2. The summed E-state index contributed by atoms with van der Waals surface area (Å²) >= 11 is 0.929. The zero-order valence-corrected chi connectivity index (χ0v) is 32.3. The third-order valence-electron chi connectivity index (χ3n) is 10.7. The highest BCUT2D eigenvalue weighted by Gasteiger charge is 2.44. The smallest absolute Gasteiger partial charge is 0.300 e. The first-order chi connectivity index (χ1) is 24.5. The molecule has 0 saturated heterocycles. The SMILES string of the molecule is C=Cc1ccc(N(Cc2cc(C3CC3)cc(C(C)(C)C)c2)C(=C)CN2Cc3c(F)cccc3C(F)(F)c3c(C)c(C)c(C)c(F)c3S2)c(CCC)c1. The van der Waals surface area contributed by atoms with Gasteiger partial charge < -0.3 is 4.90 Å². The van der Waals surface area contributed by atoms with Crippen LogP contribution in [-0.4, -0.2) is 10.8 Å². The molecule has 0 aromatic heterocycles. The van der Waals surface area contributed by atoms with Crippen molar-refractivity contribution in [2.45, 2.75) is 109 Å². The molecule has 274 valence electrons. The minimum absolute atomic E-state index is 0.0483. The summed E-state index contributed by atoms with van der Waals surface area (Å²) in [6.45, 7) is 22.8. The van der Waals surface area contributed by atoms with E-state index < -0.39 is 28.7 Å². The predicted octanol–water partition coefficient (Wildman–Crippen LogP) is 12.8. The molecule has 0 spiro atoms. The topological polar surface area (TPSA) is 6.48 Å². The number of halogens is 4. The molecular weight excluding hydrogens is 677 g/mol. The number of benzene rings is 4. The molecule has 0 unspecified atom stereocenters. The lowest BCUT2D eigenvalue weighted by Gasteiger charge is -2.36. The average Bonchev–Trinajstić information content (AvgIpc) is 3.94. The van der Waals surface area contributed by atoms with Crippen LogP contribution in [-0.2, 0) is 30.8 Å². The van der Waals surface area contributed by atoms with E-state index in [0.717, 1.165) is 47.2 Å². The molecule has 6 rings (SSSR count). The Morgan fingerprint density at radius 2 is 1.73 bits per heavy atom. The number of alkyl halides is 2. The van der Waals surface area contributed by atoms with E-state index >= 15 is 17.6 Å². The van der Waals surface area contributed by atoms with Crippen molar-refractivity contribution in [2.24, 2.45) is 0 Å². The molecule has 0 amide bonds. The van der Waals surface area contributed by atoms with Gasteiger partial charge in [-0.15, -0.1) is 0 Å². The molecule has 4 aromatic rings. The van der Waals surface area contributed by atoms with Gasteiger partial charge in [0.15, 0.2) is 0 Å². The lowest BCUT2D eigenvalue weighted by atomic mass is 9.84. The molecule has 1 aliphatic carbocycles. The number of hydrogen-bond donors (Lipinski definition) is 0. The summed E-state index contributed by atoms with van der Waals surface area (Å²) in [5.74, 6) is -4.42. The van der Waals surface area contributed by atoms with E-state index in [9.17, 15) is 0 Å². The summed E-state index contributed by atoms with van der Waals surface area (Å²) in [5.41, 5.74) is 7.73. The molecule has 1 aliphatic heterocycles. The molecule has 2 aliphatic rings. The van der Waals surface area contributed by atoms with Gasteiger partial charge in [0.05, 0.1) is 4.90 Å². The van der Waals surface area contributed by atoms with Gasteiger partial charge >= 0.3 is 0 Å². The summed E-state index contributed by atoms with van der Waals surface area (Å²) in [4.78, 5) is 2.07. The molecule has 1 fully saturated rings. The largest absolute Gasteiger partial charge is 0.340 e. The first kappa shape index (κ1) is 37.9. The van der Waals surface area contributed by atoms with Crippen LogP contribution in [0.3, 0.4) is 0 Å². The van der Waals surface area contributed by atoms with Crippen LogP contribution in [0.5, 0.6) is 0 Å². The van der Waals surface area contributed by atoms with E-state index in [0.29, 0.717) is 34.9 Å². The van der Waals surface area contributed by atoms with Gasteiger partial charge in [0.2, 0.25) is 0 Å². The Hall–Kier alpha value is -3.81. The summed E-state index contributed by atoms with van der Waals surface area (Å²) in [6.07, 6.45) is 5.98. The molecule has 1 heterocycles. The van der Waals surface area contributed by atoms with Crippen LogP contribution in [0.15, 0.2) is 78.3 Å². The Morgan fingerprint density at radius 1 is 1.00 bits per heavy atom. The maximum Gasteiger partial charge on any atom is 0.300 e. The van der Waals surface area contributed by atoms with Crippen molar-refractivity contribution in [1.82, 2.24) is 4.31 Å². The molecule has 2 nitrogen and oxygen atoms in total. The minimum atomic E-state index is -3.60. The highest BCUT2D eigenvalue weighted by molar-refractivity contribution is 7.97. The van der Waals surface area contributed by atoms with Crippen LogP contribution in [0, 0.1) is 32.4 Å². The Labute approximate surface area is 311 Å². The lowest BCUT2D eigenvalue weighted by Crippen LogP contribution is -2.33. The molecule has 52 heavy (non-hydrogen) atoms. The number of anilines is 1. The van der Waals surface area contributed by atoms with Crippen molar-refractivity contribution < 1.29 is 17.6 Å². The summed E-state index contributed by atoms with van der Waals surface area (Å²) in [7, 11) is 0. The zero-order valence-electron chi connectivity index (χ0n) is 31.5. The van der Waals surface area contributed by atoms with Gasteiger partial charge in [-0.2, -0.15) is 8.78 Å². The number of aryl methyl sites for hydroxylation is 1. The van der Waals surface area contributed by atoms with E-state index in [1.54, 1.807) is 25.1 Å². The number of hydrogen-bond acceptors (Lipinski definition) is 3. The second-order valence-electron chi connectivity index (χ2n) is 15.6. The molecule has 0 bridgehead atoms. The maximum atomic E-state index is 16.5. The van der Waals surface area contributed by atoms with Gasteiger partial charge in [0.1, 0.15) is 11.6 Å². The van der Waals surface area contributed by atoms with Gasteiger partial charge in [-0.3, -0.25) is 0 Å². The van der Waals surface area contributed by atoms with Crippen LogP contribution in [0.2, 0.25) is 0 Å². The Kier molecular flexibility index (Phi) is 10.6. The number of nitrogens with zero attached hydrogens (tertiary/aromatic N) is 2. The predicted molar refractivity (Wildman–Crippen MR) is 209 cm³/mol. The van der Waals surface area contributed by atoms with Gasteiger partial charge in [-0.25, -0.2) is 13.1 Å². The van der Waals surface area contributed by atoms with E-state index in [1.165, 1.54) is 42.2 Å². The van der Waals surface area contributed by atoms with E-state index in [1.807, 2.05) is 12.1 Å². The van der Waals surface area contributed by atoms with E-state index in [2.05, 4.69) is 76.1 Å². The first-order valence-corrected chi connectivity index (χ1v) is 19.1. The zero-order chi connectivity index (χ0) is 37.7. The molecule has 1 saturated carbocycles. The van der Waals surface area contributed by atoms with Gasteiger partial charge in [-0.05, 0) is 126 Å². The second-order valence-corrected chi connectivity index (χ2v) is 16.7. The van der Waals surface area contributed by atoms with Crippen molar-refractivity contribution >= 4 is 23.7 Å². The molecule has 0 atom stereocenters. The number of fused-ring (bicyclic) bond motifs is 2. The average molecular weight is 727 g/mol. The monoisotopic (exact) mass is 726 g/mol. The van der Waals surface area contributed by atoms with Crippen molar-refractivity contribution in [2.75, 3.05) is 11.4 Å². The van der Waals surface area contributed by atoms with Crippen LogP contribution < -0.4 is 4.90 Å². The fraction of sp³-hybridized carbons (Fsp3) is 0.378. The molecule has 7 heteroatoms. The standard InChI is InChI=1S/C45H50F4N2S/c1-10-13-34-20-31(11-2)16-19-40(34)51(25-32-21-35(33-17-18-33)23-36(22-32)44(7,8)9)27(3)24-50-26-37-38(14-12-15-39(37)46)45(48,49)41-29(5)28(4)30(6)42(47)43(41)52-50/h11-12,14-16,19-23,33H,2-3,10,13,17-18,24-26H2,1,4-9H3. The first-order valence-electron chi connectivity index (χ1n) is 18.3. The molecule has 4 aromatic carbocycles. The van der Waals surface area contributed by atoms with Gasteiger partial charge in [0, 0.05) is 47.7 Å². The summed E-state index contributed by atoms with van der Waals surface area (Å²) in [6, 6.07) is 17.0. The van der Waals surface area contributed by atoms with E-state index in [-0.39, 0.29) is 29.0 Å². The Balaban J connectivity index is 1.47. The fourth-order valence-corrected chi connectivity index (χ4v) is 8.59. The van der Waals surface area contributed by atoms with Crippen LogP contribution >= 0.6 is 11.9 Å². The molecular formula is C45H50F4N2S. The summed E-state index contributed by atoms with van der Waals surface area (Å²) < 4.78 is 66.7. The Bertz CT molecular complexity index is 2040. The van der Waals surface area contributed by atoms with Gasteiger partial charge in [-0.1, -0.05) is 89.7 Å². The van der Waals surface area contributed by atoms with Crippen molar-refractivity contribution in [3.05, 3.63) is 146 Å². The van der Waals surface area contributed by atoms with Gasteiger partial charge in [0.25, 0.3) is 5.92 Å². The second kappa shape index (κ2) is 14.5. The minimum Gasteiger partial charge on any atom is -0.340 e. The van der Waals surface area contributed by atoms with Crippen molar-refractivity contribution in [3.63, 3.8) is 0 Å². The van der Waals surface area contributed by atoms with Crippen LogP contribution in [0.4, 0.5) is 23.2 Å². The van der Waals surface area contributed by atoms with Crippen molar-refractivity contribution in [1.29, 1.82) is 0 Å². The number of rotatable bonds is 10. The third kappa shape index (κ3) is 7.36. The quantitative estimate of drug-likeness (QED) is 0.119. The van der Waals surface area contributed by atoms with Crippen molar-refractivity contribution in [3.8, 4) is 0 Å². The lowest BCUT2D eigenvalue weighted by molar-refractivity contribution is 0.0360. The Morgan fingerprint density at radius 3 is 2.38 bits per heavy atom. The molecule has 0 N–H and O–H groups in total.